The summed E-state index contributed by atoms with van der Waals surface area (Å²) in [6.45, 7) is 3.61. The number of benzene rings is 1. The third kappa shape index (κ3) is 7.07. The molecule has 3 N–H and O–H groups in total. The van der Waals surface area contributed by atoms with Gasteiger partial charge >= 0.3 is 0 Å². The molecule has 0 saturated heterocycles. The van der Waals surface area contributed by atoms with Gasteiger partial charge in [-0.05, 0) is 41.8 Å². The summed E-state index contributed by atoms with van der Waals surface area (Å²) in [6.07, 6.45) is 3.15. The van der Waals surface area contributed by atoms with Crippen LogP contribution in [0.2, 0.25) is 5.02 Å². The predicted octanol–water partition coefficient (Wildman–Crippen LogP) is 2.94. The Morgan fingerprint density at radius 1 is 1.00 bits per heavy atom. The van der Waals surface area contributed by atoms with E-state index >= 15 is 0 Å². The summed E-state index contributed by atoms with van der Waals surface area (Å²) in [7, 11) is 0. The number of nitrogens with zero attached hydrogens (tertiary/aromatic N) is 1. The van der Waals surface area contributed by atoms with E-state index in [0.29, 0.717) is 16.3 Å². The van der Waals surface area contributed by atoms with Crippen LogP contribution in [0.15, 0.2) is 48.8 Å². The van der Waals surface area contributed by atoms with Crippen molar-refractivity contribution in [2.45, 2.75) is 26.7 Å². The van der Waals surface area contributed by atoms with Crippen molar-refractivity contribution in [3.63, 3.8) is 0 Å². The number of hydrogen-bond donors (Lipinski definition) is 3. The highest BCUT2D eigenvalue weighted by Crippen LogP contribution is 2.25. The molecule has 0 aliphatic heterocycles. The van der Waals surface area contributed by atoms with Gasteiger partial charge in [0, 0.05) is 35.9 Å². The standard InChI is InChI=1S/C19H21ClN4O3/c1-19(2,10-16(25)22-15-7-5-14(20)6-8-15)11-17(26)23-24-18(27)13-4-3-9-21-12-13/h3-9,12H,10-11H2,1-2H3,(H,22,25)(H,23,26)(H,24,27). The lowest BCUT2D eigenvalue weighted by molar-refractivity contribution is -0.124. The second kappa shape index (κ2) is 9.14. The highest BCUT2D eigenvalue weighted by atomic mass is 35.5. The van der Waals surface area contributed by atoms with Crippen molar-refractivity contribution in [1.82, 2.24) is 15.8 Å². The van der Waals surface area contributed by atoms with Gasteiger partial charge in [0.15, 0.2) is 0 Å². The number of carbonyl (C=O) groups excluding carboxylic acids is 3. The second-order valence-corrected chi connectivity index (χ2v) is 7.25. The molecular weight excluding hydrogens is 368 g/mol. The number of aromatic nitrogens is 1. The van der Waals surface area contributed by atoms with Gasteiger partial charge in [-0.2, -0.15) is 0 Å². The van der Waals surface area contributed by atoms with Crippen molar-refractivity contribution in [2.24, 2.45) is 5.41 Å². The lowest BCUT2D eigenvalue weighted by Crippen LogP contribution is -2.43. The summed E-state index contributed by atoms with van der Waals surface area (Å²) in [6, 6.07) is 9.97. The molecule has 0 radical (unpaired) electrons. The van der Waals surface area contributed by atoms with Crippen LogP contribution < -0.4 is 16.2 Å². The number of hydrazine groups is 1. The topological polar surface area (TPSA) is 100 Å². The minimum absolute atomic E-state index is 0.0638. The van der Waals surface area contributed by atoms with Crippen molar-refractivity contribution >= 4 is 35.0 Å². The molecule has 7 nitrogen and oxygen atoms in total. The number of rotatable bonds is 6. The van der Waals surface area contributed by atoms with Crippen LogP contribution in [-0.2, 0) is 9.59 Å². The fraction of sp³-hybridized carbons (Fsp3) is 0.263. The molecule has 27 heavy (non-hydrogen) atoms. The Morgan fingerprint density at radius 2 is 1.67 bits per heavy atom. The fourth-order valence-corrected chi connectivity index (χ4v) is 2.54. The van der Waals surface area contributed by atoms with E-state index < -0.39 is 17.2 Å². The van der Waals surface area contributed by atoms with Gasteiger partial charge in [-0.25, -0.2) is 0 Å². The first-order valence-electron chi connectivity index (χ1n) is 8.30. The van der Waals surface area contributed by atoms with E-state index in [0.717, 1.165) is 0 Å². The normalized spacial score (nSPS) is 10.8. The van der Waals surface area contributed by atoms with Crippen LogP contribution in [0, 0.1) is 5.41 Å². The first kappa shape index (κ1) is 20.4. The van der Waals surface area contributed by atoms with Crippen LogP contribution in [-0.4, -0.2) is 22.7 Å². The smallest absolute Gasteiger partial charge is 0.271 e. The molecule has 0 bridgehead atoms. The van der Waals surface area contributed by atoms with E-state index in [4.69, 9.17) is 11.6 Å². The number of nitrogens with one attached hydrogen (secondary N) is 3. The van der Waals surface area contributed by atoms with Crippen LogP contribution in [0.5, 0.6) is 0 Å². The molecule has 142 valence electrons. The van der Waals surface area contributed by atoms with E-state index in [1.807, 2.05) is 0 Å². The van der Waals surface area contributed by atoms with E-state index in [2.05, 4.69) is 21.2 Å². The monoisotopic (exact) mass is 388 g/mol. The van der Waals surface area contributed by atoms with Gasteiger partial charge in [0.1, 0.15) is 0 Å². The molecule has 1 aromatic heterocycles. The minimum atomic E-state index is -0.598. The van der Waals surface area contributed by atoms with Crippen LogP contribution in [0.3, 0.4) is 0 Å². The molecule has 1 aromatic carbocycles. The molecule has 0 saturated carbocycles. The third-order valence-electron chi connectivity index (χ3n) is 3.65. The number of carbonyl (C=O) groups is 3. The van der Waals surface area contributed by atoms with Gasteiger partial charge in [-0.3, -0.25) is 30.2 Å². The van der Waals surface area contributed by atoms with Crippen molar-refractivity contribution < 1.29 is 14.4 Å². The summed E-state index contributed by atoms with van der Waals surface area (Å²) in [5.41, 5.74) is 5.05. The number of hydrogen-bond acceptors (Lipinski definition) is 4. The molecule has 0 aliphatic carbocycles. The maximum Gasteiger partial charge on any atom is 0.271 e. The van der Waals surface area contributed by atoms with Crippen LogP contribution in [0.25, 0.3) is 0 Å². The quantitative estimate of drug-likeness (QED) is 0.662. The summed E-state index contributed by atoms with van der Waals surface area (Å²) >= 11 is 5.81. The maximum absolute atomic E-state index is 12.2. The van der Waals surface area contributed by atoms with Crippen LogP contribution in [0.1, 0.15) is 37.0 Å². The zero-order valence-corrected chi connectivity index (χ0v) is 15.8. The first-order chi connectivity index (χ1) is 12.7. The van der Waals surface area contributed by atoms with Gasteiger partial charge in [0.2, 0.25) is 11.8 Å². The summed E-state index contributed by atoms with van der Waals surface area (Å²) < 4.78 is 0. The molecule has 0 aliphatic rings. The zero-order chi connectivity index (χ0) is 19.9. The van der Waals surface area contributed by atoms with Crippen molar-refractivity contribution in [3.8, 4) is 0 Å². The van der Waals surface area contributed by atoms with Gasteiger partial charge in [-0.1, -0.05) is 25.4 Å². The van der Waals surface area contributed by atoms with Crippen molar-refractivity contribution in [1.29, 1.82) is 0 Å². The number of anilines is 1. The van der Waals surface area contributed by atoms with Crippen LogP contribution in [0.4, 0.5) is 5.69 Å². The van der Waals surface area contributed by atoms with Gasteiger partial charge in [0.25, 0.3) is 5.91 Å². The minimum Gasteiger partial charge on any atom is -0.326 e. The maximum atomic E-state index is 12.2. The SMILES string of the molecule is CC(C)(CC(=O)NNC(=O)c1cccnc1)CC(=O)Nc1ccc(Cl)cc1. The molecule has 0 fully saturated rings. The molecule has 0 atom stereocenters. The largest absolute Gasteiger partial charge is 0.326 e. The molecule has 0 spiro atoms. The Balaban J connectivity index is 1.80. The van der Waals surface area contributed by atoms with E-state index in [1.54, 1.807) is 56.4 Å². The molecule has 1 heterocycles. The van der Waals surface area contributed by atoms with Gasteiger partial charge in [-0.15, -0.1) is 0 Å². The Kier molecular flexibility index (Phi) is 6.90. The van der Waals surface area contributed by atoms with Gasteiger partial charge < -0.3 is 5.32 Å². The second-order valence-electron chi connectivity index (χ2n) is 6.82. The molecule has 3 amide bonds. The Bertz CT molecular complexity index is 807. The number of pyridine rings is 1. The molecule has 8 heteroatoms. The molecule has 2 rings (SSSR count). The van der Waals surface area contributed by atoms with E-state index in [9.17, 15) is 14.4 Å². The summed E-state index contributed by atoms with van der Waals surface area (Å²) in [5.74, 6) is -1.07. The van der Waals surface area contributed by atoms with Crippen molar-refractivity contribution in [3.05, 3.63) is 59.4 Å². The van der Waals surface area contributed by atoms with Crippen LogP contribution >= 0.6 is 11.6 Å². The highest BCUT2D eigenvalue weighted by Gasteiger charge is 2.25. The summed E-state index contributed by atoms with van der Waals surface area (Å²) in [4.78, 5) is 40.0. The average molecular weight is 389 g/mol. The molecule has 0 unspecified atom stereocenters. The Hall–Kier alpha value is -2.93. The lowest BCUT2D eigenvalue weighted by atomic mass is 9.85. The lowest BCUT2D eigenvalue weighted by Gasteiger charge is -2.23. The molecule has 2 aromatic rings. The first-order valence-corrected chi connectivity index (χ1v) is 8.68. The molecular formula is C19H21ClN4O3. The Morgan fingerprint density at radius 3 is 2.30 bits per heavy atom. The van der Waals surface area contributed by atoms with E-state index in [1.165, 1.54) is 6.20 Å². The highest BCUT2D eigenvalue weighted by molar-refractivity contribution is 6.30. The third-order valence-corrected chi connectivity index (χ3v) is 3.90. The summed E-state index contributed by atoms with van der Waals surface area (Å²) in [5, 5.41) is 3.35. The predicted molar refractivity (Wildman–Crippen MR) is 103 cm³/mol. The Labute approximate surface area is 162 Å². The van der Waals surface area contributed by atoms with Gasteiger partial charge in [0.05, 0.1) is 5.56 Å². The number of amides is 3. The average Bonchev–Trinajstić information content (AvgIpc) is 2.61. The zero-order valence-electron chi connectivity index (χ0n) is 15.1. The van der Waals surface area contributed by atoms with Crippen molar-refractivity contribution in [2.75, 3.05) is 5.32 Å². The fourth-order valence-electron chi connectivity index (χ4n) is 2.41. The van der Waals surface area contributed by atoms with E-state index in [-0.39, 0.29) is 18.7 Å². The number of halogens is 1.